The molecule has 0 spiro atoms. The Hall–Kier alpha value is -2.21. The molecule has 19 heavy (non-hydrogen) atoms. The van der Waals surface area contributed by atoms with Crippen LogP contribution in [0.2, 0.25) is 0 Å². The van der Waals surface area contributed by atoms with Crippen molar-refractivity contribution in [3.8, 4) is 0 Å². The Balaban J connectivity index is 2.15. The number of aliphatic imine (C=N–C) groups is 1. The van der Waals surface area contributed by atoms with E-state index in [4.69, 9.17) is 5.21 Å². The van der Waals surface area contributed by atoms with E-state index in [9.17, 15) is 9.59 Å². The van der Waals surface area contributed by atoms with Crippen LogP contribution in [0.15, 0.2) is 40.9 Å². The van der Waals surface area contributed by atoms with E-state index in [1.807, 2.05) is 13.0 Å². The molecule has 0 aromatic rings. The number of allylic oxidation sites excluding steroid dienone is 3. The highest BCUT2D eigenvalue weighted by Crippen LogP contribution is 2.24. The number of amides is 2. The van der Waals surface area contributed by atoms with Crippen molar-refractivity contribution < 1.29 is 14.8 Å². The van der Waals surface area contributed by atoms with E-state index in [1.165, 1.54) is 11.6 Å². The number of hydrogen-bond donors (Lipinski definition) is 2. The Morgan fingerprint density at radius 2 is 2.42 bits per heavy atom. The third kappa shape index (κ3) is 2.79. The minimum absolute atomic E-state index is 0.0335. The number of nitrogens with zero attached hydrogens (tertiary/aromatic N) is 2. The summed E-state index contributed by atoms with van der Waals surface area (Å²) < 4.78 is 0. The molecule has 6 heteroatoms. The molecule has 2 N–H and O–H groups in total. The zero-order valence-corrected chi connectivity index (χ0v) is 10.5. The van der Waals surface area contributed by atoms with Crippen LogP contribution >= 0.6 is 0 Å². The molecule has 0 bridgehead atoms. The van der Waals surface area contributed by atoms with E-state index in [2.05, 4.69) is 4.99 Å². The lowest BCUT2D eigenvalue weighted by Gasteiger charge is -2.30. The number of rotatable bonds is 3. The standard InChI is InChI=1S/C13H15N3O3/c1-2-16-8-14-11-7-9(4-6-12(17)15-19)3-5-10(11)13(16)18/h3-8,10-11,19H,2H2,1H3,(H,15,17)/b6-4+. The van der Waals surface area contributed by atoms with Gasteiger partial charge < -0.3 is 4.90 Å². The van der Waals surface area contributed by atoms with Gasteiger partial charge in [-0.15, -0.1) is 0 Å². The third-order valence-corrected chi connectivity index (χ3v) is 3.05. The fourth-order valence-electron chi connectivity index (χ4n) is 2.01. The zero-order chi connectivity index (χ0) is 13.8. The molecular weight excluding hydrogens is 246 g/mol. The van der Waals surface area contributed by atoms with Gasteiger partial charge in [0.25, 0.3) is 5.91 Å². The zero-order valence-electron chi connectivity index (χ0n) is 10.5. The van der Waals surface area contributed by atoms with Crippen molar-refractivity contribution in [1.29, 1.82) is 0 Å². The summed E-state index contributed by atoms with van der Waals surface area (Å²) in [5.74, 6) is -0.836. The molecule has 100 valence electrons. The molecule has 2 unspecified atom stereocenters. The predicted molar refractivity (Wildman–Crippen MR) is 69.4 cm³/mol. The molecule has 1 aliphatic heterocycles. The largest absolute Gasteiger partial charge is 0.303 e. The summed E-state index contributed by atoms with van der Waals surface area (Å²) in [4.78, 5) is 28.8. The van der Waals surface area contributed by atoms with Crippen LogP contribution in [0.25, 0.3) is 0 Å². The van der Waals surface area contributed by atoms with Gasteiger partial charge >= 0.3 is 0 Å². The number of fused-ring (bicyclic) bond motifs is 1. The van der Waals surface area contributed by atoms with Crippen molar-refractivity contribution in [1.82, 2.24) is 10.4 Å². The molecule has 2 amide bonds. The maximum absolute atomic E-state index is 12.0. The van der Waals surface area contributed by atoms with Gasteiger partial charge in [0.2, 0.25) is 5.91 Å². The van der Waals surface area contributed by atoms with Crippen LogP contribution in [0.4, 0.5) is 0 Å². The normalized spacial score (nSPS) is 25.5. The minimum Gasteiger partial charge on any atom is -0.303 e. The monoisotopic (exact) mass is 261 g/mol. The van der Waals surface area contributed by atoms with Crippen molar-refractivity contribution >= 4 is 18.2 Å². The molecular formula is C13H15N3O3. The van der Waals surface area contributed by atoms with E-state index < -0.39 is 5.91 Å². The fraction of sp³-hybridized carbons (Fsp3) is 0.308. The number of carbonyl (C=O) groups is 2. The van der Waals surface area contributed by atoms with Crippen LogP contribution in [0, 0.1) is 5.92 Å². The minimum atomic E-state index is -0.600. The maximum atomic E-state index is 12.0. The van der Waals surface area contributed by atoms with Crippen molar-refractivity contribution in [2.45, 2.75) is 13.0 Å². The van der Waals surface area contributed by atoms with Crippen LogP contribution in [-0.2, 0) is 9.59 Å². The van der Waals surface area contributed by atoms with Gasteiger partial charge in [-0.1, -0.05) is 18.2 Å². The van der Waals surface area contributed by atoms with E-state index in [1.54, 1.807) is 29.5 Å². The van der Waals surface area contributed by atoms with Gasteiger partial charge in [0, 0.05) is 12.6 Å². The van der Waals surface area contributed by atoms with Gasteiger partial charge in [-0.3, -0.25) is 19.8 Å². The summed E-state index contributed by atoms with van der Waals surface area (Å²) in [6.45, 7) is 2.50. The number of hydroxylamine groups is 1. The Labute approximate surface area is 110 Å². The highest BCUT2D eigenvalue weighted by atomic mass is 16.5. The first kappa shape index (κ1) is 13.2. The lowest BCUT2D eigenvalue weighted by Crippen LogP contribution is -2.43. The van der Waals surface area contributed by atoms with Crippen molar-refractivity contribution in [2.24, 2.45) is 10.9 Å². The number of hydrogen-bond acceptors (Lipinski definition) is 4. The van der Waals surface area contributed by atoms with E-state index in [0.29, 0.717) is 6.54 Å². The molecule has 6 nitrogen and oxygen atoms in total. The second kappa shape index (κ2) is 5.62. The number of nitrogens with one attached hydrogen (secondary N) is 1. The first-order valence-electron chi connectivity index (χ1n) is 6.01. The lowest BCUT2D eigenvalue weighted by molar-refractivity contribution is -0.130. The van der Waals surface area contributed by atoms with Crippen molar-refractivity contribution in [3.63, 3.8) is 0 Å². The molecule has 1 heterocycles. The highest BCUT2D eigenvalue weighted by molar-refractivity contribution is 5.93. The molecule has 2 aliphatic rings. The topological polar surface area (TPSA) is 82.0 Å². The van der Waals surface area contributed by atoms with E-state index in [-0.39, 0.29) is 17.9 Å². The summed E-state index contributed by atoms with van der Waals surface area (Å²) in [6, 6.07) is -0.225. The molecule has 0 aromatic carbocycles. The molecule has 0 radical (unpaired) electrons. The molecule has 2 atom stereocenters. The van der Waals surface area contributed by atoms with Crippen LogP contribution in [0.1, 0.15) is 6.92 Å². The van der Waals surface area contributed by atoms with Gasteiger partial charge in [-0.25, -0.2) is 5.48 Å². The van der Waals surface area contributed by atoms with E-state index in [0.717, 1.165) is 5.57 Å². The Bertz CT molecular complexity index is 505. The van der Waals surface area contributed by atoms with Gasteiger partial charge in [0.15, 0.2) is 0 Å². The smallest absolute Gasteiger partial charge is 0.267 e. The molecule has 0 saturated carbocycles. The lowest BCUT2D eigenvalue weighted by atomic mass is 9.90. The SMILES string of the molecule is CCN1C=NC2C=C(/C=C/C(=O)NO)C=CC2C1=O. The van der Waals surface area contributed by atoms with Crippen LogP contribution in [0.3, 0.4) is 0 Å². The summed E-state index contributed by atoms with van der Waals surface area (Å²) in [6.07, 6.45) is 9.72. The Morgan fingerprint density at radius 1 is 1.63 bits per heavy atom. The second-order valence-electron chi connectivity index (χ2n) is 4.24. The first-order chi connectivity index (χ1) is 9.15. The van der Waals surface area contributed by atoms with Crippen LogP contribution in [-0.4, -0.2) is 40.8 Å². The van der Waals surface area contributed by atoms with Gasteiger partial charge in [-0.05, 0) is 18.6 Å². The molecule has 2 rings (SSSR count). The molecule has 0 saturated heterocycles. The summed E-state index contributed by atoms with van der Waals surface area (Å²) in [7, 11) is 0. The maximum Gasteiger partial charge on any atom is 0.267 e. The average Bonchev–Trinajstić information content (AvgIpc) is 2.45. The van der Waals surface area contributed by atoms with Gasteiger partial charge in [0.05, 0.1) is 18.3 Å². The second-order valence-corrected chi connectivity index (χ2v) is 4.24. The number of carbonyl (C=O) groups excluding carboxylic acids is 2. The average molecular weight is 261 g/mol. The predicted octanol–water partition coefficient (Wildman–Crippen LogP) is 0.419. The van der Waals surface area contributed by atoms with Crippen molar-refractivity contribution in [3.05, 3.63) is 36.0 Å². The Kier molecular flexibility index (Phi) is 3.91. The molecule has 0 aromatic heterocycles. The molecule has 0 fully saturated rings. The summed E-state index contributed by atoms with van der Waals surface area (Å²) in [5.41, 5.74) is 2.29. The first-order valence-corrected chi connectivity index (χ1v) is 6.01. The molecule has 1 aliphatic carbocycles. The van der Waals surface area contributed by atoms with Gasteiger partial charge in [-0.2, -0.15) is 0 Å². The van der Waals surface area contributed by atoms with Gasteiger partial charge in [0.1, 0.15) is 0 Å². The van der Waals surface area contributed by atoms with Crippen molar-refractivity contribution in [2.75, 3.05) is 6.54 Å². The third-order valence-electron chi connectivity index (χ3n) is 3.05. The van der Waals surface area contributed by atoms with E-state index >= 15 is 0 Å². The highest BCUT2D eigenvalue weighted by Gasteiger charge is 2.32. The van der Waals surface area contributed by atoms with Crippen LogP contribution in [0.5, 0.6) is 0 Å². The quantitative estimate of drug-likeness (QED) is 0.439. The summed E-state index contributed by atoms with van der Waals surface area (Å²) >= 11 is 0. The van der Waals surface area contributed by atoms with Crippen LogP contribution < -0.4 is 5.48 Å². The Morgan fingerprint density at radius 3 is 3.11 bits per heavy atom. The summed E-state index contributed by atoms with van der Waals surface area (Å²) in [5, 5.41) is 8.38. The fourth-order valence-corrected chi connectivity index (χ4v) is 2.01.